The predicted octanol–water partition coefficient (Wildman–Crippen LogP) is 4.17. The van der Waals surface area contributed by atoms with Gasteiger partial charge in [-0.2, -0.15) is 0 Å². The van der Waals surface area contributed by atoms with Crippen LogP contribution in [-0.4, -0.2) is 36.4 Å². The minimum absolute atomic E-state index is 0.612. The molecule has 29 heavy (non-hydrogen) atoms. The molecular weight excluding hydrogens is 380 g/mol. The Morgan fingerprint density at radius 3 is 2.59 bits per heavy atom. The van der Waals surface area contributed by atoms with Gasteiger partial charge in [-0.3, -0.25) is 0 Å². The number of nitrogens with one attached hydrogen (secondary N) is 2. The maximum atomic E-state index is 5.47. The van der Waals surface area contributed by atoms with Gasteiger partial charge in [-0.1, -0.05) is 29.8 Å². The normalized spacial score (nSPS) is 14.1. The van der Waals surface area contributed by atoms with Crippen molar-refractivity contribution in [2.75, 3.05) is 36.5 Å². The van der Waals surface area contributed by atoms with Crippen LogP contribution in [0.15, 0.2) is 48.5 Å². The fraction of sp³-hybridized carbons (Fsp3) is 0.304. The molecule has 0 radical (unpaired) electrons. The number of fused-ring (bicyclic) bond motifs is 1. The van der Waals surface area contributed by atoms with Crippen LogP contribution in [0.5, 0.6) is 0 Å². The summed E-state index contributed by atoms with van der Waals surface area (Å²) in [5.41, 5.74) is 5.62. The fourth-order valence-corrected chi connectivity index (χ4v) is 3.66. The number of morpholine rings is 1. The van der Waals surface area contributed by atoms with Gasteiger partial charge in [0.05, 0.1) is 18.7 Å². The molecule has 6 heteroatoms. The molecule has 5 nitrogen and oxygen atoms in total. The zero-order valence-electron chi connectivity index (χ0n) is 16.9. The Hall–Kier alpha value is -2.70. The van der Waals surface area contributed by atoms with Crippen molar-refractivity contribution in [3.63, 3.8) is 0 Å². The van der Waals surface area contributed by atoms with Crippen LogP contribution in [0, 0.1) is 13.8 Å². The van der Waals surface area contributed by atoms with Crippen molar-refractivity contribution in [2.24, 2.45) is 0 Å². The quantitative estimate of drug-likeness (QED) is 0.634. The van der Waals surface area contributed by atoms with Gasteiger partial charge < -0.3 is 20.3 Å². The summed E-state index contributed by atoms with van der Waals surface area (Å²) in [5.74, 6) is 1.02. The smallest absolute Gasteiger partial charge is 0.171 e. The Morgan fingerprint density at radius 2 is 1.83 bits per heavy atom. The first-order valence-electron chi connectivity index (χ1n) is 9.93. The number of pyridine rings is 1. The lowest BCUT2D eigenvalue weighted by Crippen LogP contribution is -2.36. The second kappa shape index (κ2) is 8.76. The summed E-state index contributed by atoms with van der Waals surface area (Å²) < 4.78 is 5.45. The average Bonchev–Trinajstić information content (AvgIpc) is 2.74. The molecule has 4 rings (SSSR count). The van der Waals surface area contributed by atoms with Crippen molar-refractivity contribution < 1.29 is 4.74 Å². The third kappa shape index (κ3) is 4.83. The summed E-state index contributed by atoms with van der Waals surface area (Å²) in [6.45, 7) is 8.21. The number of ether oxygens (including phenoxy) is 1. The molecule has 3 aromatic rings. The third-order valence-corrected chi connectivity index (χ3v) is 5.42. The highest BCUT2D eigenvalue weighted by Gasteiger charge is 2.14. The van der Waals surface area contributed by atoms with Crippen molar-refractivity contribution in [1.82, 2.24) is 10.3 Å². The van der Waals surface area contributed by atoms with Gasteiger partial charge in [0.15, 0.2) is 5.11 Å². The Kier molecular flexibility index (Phi) is 5.92. The molecule has 0 saturated carbocycles. The Morgan fingerprint density at radius 1 is 1.07 bits per heavy atom. The predicted molar refractivity (Wildman–Crippen MR) is 124 cm³/mol. The highest BCUT2D eigenvalue weighted by molar-refractivity contribution is 7.80. The van der Waals surface area contributed by atoms with Gasteiger partial charge in [0, 0.05) is 30.7 Å². The van der Waals surface area contributed by atoms with Crippen LogP contribution in [0.2, 0.25) is 0 Å². The van der Waals surface area contributed by atoms with E-state index in [1.165, 1.54) is 16.7 Å². The topological polar surface area (TPSA) is 49.4 Å². The summed E-state index contributed by atoms with van der Waals surface area (Å²) in [4.78, 5) is 7.14. The number of rotatable bonds is 4. The molecule has 0 spiro atoms. The molecular formula is C23H26N4OS. The van der Waals surface area contributed by atoms with Crippen LogP contribution >= 0.6 is 12.2 Å². The number of hydrogen-bond donors (Lipinski definition) is 2. The number of aromatic nitrogens is 1. The second-order valence-corrected chi connectivity index (χ2v) is 7.83. The van der Waals surface area contributed by atoms with Gasteiger partial charge in [-0.05, 0) is 61.5 Å². The average molecular weight is 407 g/mol. The number of benzene rings is 2. The SMILES string of the molecule is Cc1ccc(CNC(=S)Nc2ccc3nc(N4CCOCC4)cc(C)c3c2)cc1. The third-order valence-electron chi connectivity index (χ3n) is 5.17. The fourth-order valence-electron chi connectivity index (χ4n) is 3.47. The standard InChI is InChI=1S/C23H26N4OS/c1-16-3-5-18(6-4-16)15-24-23(29)25-19-7-8-21-20(14-19)17(2)13-22(26-21)27-9-11-28-12-10-27/h3-8,13-14H,9-12,15H2,1-2H3,(H2,24,25,29). The van der Waals surface area contributed by atoms with Crippen LogP contribution in [0.3, 0.4) is 0 Å². The minimum Gasteiger partial charge on any atom is -0.378 e. The lowest BCUT2D eigenvalue weighted by atomic mass is 10.1. The highest BCUT2D eigenvalue weighted by atomic mass is 32.1. The van der Waals surface area contributed by atoms with E-state index in [2.05, 4.69) is 71.8 Å². The number of nitrogens with zero attached hydrogens (tertiary/aromatic N) is 2. The Bertz CT molecular complexity index is 1010. The van der Waals surface area contributed by atoms with Gasteiger partial charge in [-0.25, -0.2) is 4.98 Å². The molecule has 0 amide bonds. The van der Waals surface area contributed by atoms with E-state index < -0.39 is 0 Å². The van der Waals surface area contributed by atoms with Crippen molar-refractivity contribution in [1.29, 1.82) is 0 Å². The summed E-state index contributed by atoms with van der Waals surface area (Å²) in [6, 6.07) is 16.8. The molecule has 1 fully saturated rings. The van der Waals surface area contributed by atoms with E-state index in [4.69, 9.17) is 21.9 Å². The van der Waals surface area contributed by atoms with E-state index in [0.29, 0.717) is 11.7 Å². The van der Waals surface area contributed by atoms with E-state index in [0.717, 1.165) is 48.7 Å². The van der Waals surface area contributed by atoms with E-state index >= 15 is 0 Å². The Balaban J connectivity index is 1.44. The highest BCUT2D eigenvalue weighted by Crippen LogP contribution is 2.25. The monoisotopic (exact) mass is 406 g/mol. The molecule has 2 aromatic carbocycles. The number of thiocarbonyl (C=S) groups is 1. The largest absolute Gasteiger partial charge is 0.378 e. The first-order valence-corrected chi connectivity index (χ1v) is 10.3. The molecule has 150 valence electrons. The van der Waals surface area contributed by atoms with E-state index in [1.54, 1.807) is 0 Å². The Labute approximate surface area is 177 Å². The van der Waals surface area contributed by atoms with Gasteiger partial charge in [-0.15, -0.1) is 0 Å². The van der Waals surface area contributed by atoms with Gasteiger partial charge in [0.2, 0.25) is 0 Å². The molecule has 1 aliphatic rings. The van der Waals surface area contributed by atoms with Crippen molar-refractivity contribution in [3.8, 4) is 0 Å². The minimum atomic E-state index is 0.612. The van der Waals surface area contributed by atoms with E-state index in [1.807, 2.05) is 6.07 Å². The zero-order valence-corrected chi connectivity index (χ0v) is 17.7. The van der Waals surface area contributed by atoms with Crippen molar-refractivity contribution >= 4 is 39.7 Å². The molecule has 0 atom stereocenters. The summed E-state index contributed by atoms with van der Waals surface area (Å²) >= 11 is 5.47. The van der Waals surface area contributed by atoms with E-state index in [9.17, 15) is 0 Å². The molecule has 0 aliphatic carbocycles. The molecule has 1 aliphatic heterocycles. The van der Waals surface area contributed by atoms with Gasteiger partial charge in [0.25, 0.3) is 0 Å². The molecule has 1 aromatic heterocycles. The van der Waals surface area contributed by atoms with Crippen molar-refractivity contribution in [3.05, 3.63) is 65.2 Å². The van der Waals surface area contributed by atoms with Crippen LogP contribution in [0.25, 0.3) is 10.9 Å². The molecule has 0 bridgehead atoms. The number of anilines is 2. The van der Waals surface area contributed by atoms with Crippen LogP contribution in [0.4, 0.5) is 11.5 Å². The first-order chi connectivity index (χ1) is 14.1. The second-order valence-electron chi connectivity index (χ2n) is 7.42. The number of aryl methyl sites for hydroxylation is 2. The lowest BCUT2D eigenvalue weighted by molar-refractivity contribution is 0.122. The lowest BCUT2D eigenvalue weighted by Gasteiger charge is -2.28. The first kappa shape index (κ1) is 19.6. The molecule has 1 saturated heterocycles. The molecule has 2 heterocycles. The van der Waals surface area contributed by atoms with Gasteiger partial charge in [0.1, 0.15) is 5.82 Å². The number of hydrogen-bond acceptors (Lipinski definition) is 4. The summed E-state index contributed by atoms with van der Waals surface area (Å²) in [5, 5.41) is 8.30. The summed E-state index contributed by atoms with van der Waals surface area (Å²) in [6.07, 6.45) is 0. The van der Waals surface area contributed by atoms with Crippen LogP contribution in [0.1, 0.15) is 16.7 Å². The zero-order chi connectivity index (χ0) is 20.2. The molecule has 2 N–H and O–H groups in total. The molecule has 0 unspecified atom stereocenters. The van der Waals surface area contributed by atoms with E-state index in [-0.39, 0.29) is 0 Å². The van der Waals surface area contributed by atoms with Crippen molar-refractivity contribution in [2.45, 2.75) is 20.4 Å². The summed E-state index contributed by atoms with van der Waals surface area (Å²) in [7, 11) is 0. The maximum absolute atomic E-state index is 5.47. The van der Waals surface area contributed by atoms with Crippen LogP contribution in [-0.2, 0) is 11.3 Å². The van der Waals surface area contributed by atoms with Gasteiger partial charge >= 0.3 is 0 Å². The maximum Gasteiger partial charge on any atom is 0.171 e. The van der Waals surface area contributed by atoms with Crippen LogP contribution < -0.4 is 15.5 Å².